The van der Waals surface area contributed by atoms with Crippen LogP contribution in [-0.4, -0.2) is 21.5 Å². The lowest BCUT2D eigenvalue weighted by Gasteiger charge is -2.19. The van der Waals surface area contributed by atoms with Gasteiger partial charge in [-0.3, -0.25) is 4.79 Å². The van der Waals surface area contributed by atoms with E-state index in [1.54, 1.807) is 6.07 Å². The van der Waals surface area contributed by atoms with Crippen LogP contribution in [0.1, 0.15) is 11.6 Å². The number of halogens is 3. The normalized spacial score (nSPS) is 12.2. The molecule has 21 heavy (non-hydrogen) atoms. The van der Waals surface area contributed by atoms with Gasteiger partial charge < -0.3 is 10.4 Å². The number of nitrogens with one attached hydrogen (secondary N) is 1. The Morgan fingerprint density at radius 3 is 2.81 bits per heavy atom. The van der Waals surface area contributed by atoms with Crippen molar-refractivity contribution in [1.29, 1.82) is 0 Å². The van der Waals surface area contributed by atoms with Gasteiger partial charge in [-0.1, -0.05) is 29.3 Å². The van der Waals surface area contributed by atoms with E-state index in [4.69, 9.17) is 23.2 Å². The van der Waals surface area contributed by atoms with Crippen LogP contribution in [0.25, 0.3) is 0 Å². The summed E-state index contributed by atoms with van der Waals surface area (Å²) in [5.41, 5.74) is 0.256. The van der Waals surface area contributed by atoms with Gasteiger partial charge >= 0.3 is 0 Å². The highest BCUT2D eigenvalue weighted by molar-refractivity contribution is 6.33. The fourth-order valence-electron chi connectivity index (χ4n) is 1.76. The van der Waals surface area contributed by atoms with E-state index < -0.39 is 17.4 Å². The molecule has 0 saturated carbocycles. The van der Waals surface area contributed by atoms with Crippen molar-refractivity contribution >= 4 is 28.9 Å². The summed E-state index contributed by atoms with van der Waals surface area (Å²) < 4.78 is 14.6. The molecule has 0 radical (unpaired) electrons. The molecule has 0 bridgehead atoms. The third-order valence-corrected chi connectivity index (χ3v) is 3.61. The third-order valence-electron chi connectivity index (χ3n) is 2.94. The number of nitrogens with zero attached hydrogens (tertiary/aromatic N) is 2. The summed E-state index contributed by atoms with van der Waals surface area (Å²) in [4.78, 5) is 11.7. The molecule has 8 heteroatoms. The number of hydrogen-bond acceptors (Lipinski definition) is 4. The van der Waals surface area contributed by atoms with Gasteiger partial charge in [0.15, 0.2) is 0 Å². The highest BCUT2D eigenvalue weighted by Gasteiger charge is 2.15. The maximum absolute atomic E-state index is 13.5. The van der Waals surface area contributed by atoms with Crippen molar-refractivity contribution in [2.24, 2.45) is 7.05 Å². The van der Waals surface area contributed by atoms with Crippen molar-refractivity contribution in [2.45, 2.75) is 6.04 Å². The summed E-state index contributed by atoms with van der Waals surface area (Å²) in [5, 5.41) is 16.1. The van der Waals surface area contributed by atoms with Crippen LogP contribution in [0.2, 0.25) is 10.0 Å². The maximum atomic E-state index is 13.5. The maximum Gasteiger partial charge on any atom is 0.287 e. The zero-order chi connectivity index (χ0) is 15.6. The molecule has 2 N–H and O–H groups in total. The molecule has 0 fully saturated rings. The van der Waals surface area contributed by atoms with Gasteiger partial charge in [-0.15, -0.1) is 0 Å². The van der Waals surface area contributed by atoms with Crippen LogP contribution in [0.15, 0.2) is 29.2 Å². The van der Waals surface area contributed by atoms with Gasteiger partial charge in [-0.25, -0.2) is 9.07 Å². The molecular formula is C13H12Cl2FN3O2. The van der Waals surface area contributed by atoms with E-state index in [1.807, 2.05) is 0 Å². The molecule has 1 heterocycles. The Morgan fingerprint density at radius 2 is 2.19 bits per heavy atom. The fourth-order valence-corrected chi connectivity index (χ4v) is 2.11. The highest BCUT2D eigenvalue weighted by atomic mass is 35.5. The first-order chi connectivity index (χ1) is 9.93. The van der Waals surface area contributed by atoms with Crippen molar-refractivity contribution < 1.29 is 9.50 Å². The Bertz CT molecular complexity index is 721. The smallest absolute Gasteiger partial charge is 0.287 e. The quantitative estimate of drug-likeness (QED) is 0.902. The second kappa shape index (κ2) is 6.43. The molecule has 0 saturated heterocycles. The van der Waals surface area contributed by atoms with E-state index in [9.17, 15) is 14.3 Å². The van der Waals surface area contributed by atoms with E-state index in [-0.39, 0.29) is 22.3 Å². The first-order valence-electron chi connectivity index (χ1n) is 5.98. The lowest BCUT2D eigenvalue weighted by atomic mass is 10.1. The van der Waals surface area contributed by atoms with Crippen molar-refractivity contribution in [3.8, 4) is 0 Å². The predicted octanol–water partition coefficient (Wildman–Crippen LogP) is 2.37. The Kier molecular flexibility index (Phi) is 4.82. The minimum Gasteiger partial charge on any atom is -0.394 e. The van der Waals surface area contributed by atoms with Crippen LogP contribution in [0, 0.1) is 5.82 Å². The van der Waals surface area contributed by atoms with Crippen molar-refractivity contribution in [2.75, 3.05) is 11.9 Å². The van der Waals surface area contributed by atoms with Crippen LogP contribution >= 0.6 is 23.2 Å². The SMILES string of the molecule is Cn1ncc(N[C@H](CO)c2ccc(Cl)c(F)c2)c(Cl)c1=O. The topological polar surface area (TPSA) is 67.2 Å². The van der Waals surface area contributed by atoms with E-state index in [1.165, 1.54) is 25.4 Å². The summed E-state index contributed by atoms with van der Waals surface area (Å²) >= 11 is 11.5. The Morgan fingerprint density at radius 1 is 1.48 bits per heavy atom. The van der Waals surface area contributed by atoms with Gasteiger partial charge in [0.25, 0.3) is 5.56 Å². The fraction of sp³-hybridized carbons (Fsp3) is 0.231. The van der Waals surface area contributed by atoms with Crippen molar-refractivity contribution in [1.82, 2.24) is 9.78 Å². The zero-order valence-electron chi connectivity index (χ0n) is 11.0. The second-order valence-corrected chi connectivity index (χ2v) is 5.14. The molecule has 5 nitrogen and oxygen atoms in total. The van der Waals surface area contributed by atoms with Gasteiger partial charge in [0.2, 0.25) is 0 Å². The first-order valence-corrected chi connectivity index (χ1v) is 6.73. The number of aliphatic hydroxyl groups excluding tert-OH is 1. The molecule has 1 aromatic carbocycles. The Balaban J connectivity index is 2.33. The Labute approximate surface area is 129 Å². The van der Waals surface area contributed by atoms with E-state index >= 15 is 0 Å². The molecule has 2 aromatic rings. The predicted molar refractivity (Wildman–Crippen MR) is 79.3 cm³/mol. The van der Waals surface area contributed by atoms with Crippen molar-refractivity contribution in [3.63, 3.8) is 0 Å². The van der Waals surface area contributed by atoms with Gasteiger partial charge in [0, 0.05) is 7.05 Å². The van der Waals surface area contributed by atoms with Gasteiger partial charge in [0.05, 0.1) is 29.6 Å². The summed E-state index contributed by atoms with van der Waals surface area (Å²) in [5.74, 6) is -0.595. The standard InChI is InChI=1S/C13H12Cl2FN3O2/c1-19-13(21)12(15)10(5-17-19)18-11(6-20)7-2-3-8(14)9(16)4-7/h2-5,11,18,20H,6H2,1H3/t11-/m1/s1. The second-order valence-electron chi connectivity index (χ2n) is 4.35. The van der Waals surface area contributed by atoms with E-state index in [2.05, 4.69) is 10.4 Å². The number of rotatable bonds is 4. The third kappa shape index (κ3) is 3.34. The molecule has 0 spiro atoms. The molecule has 1 atom stereocenters. The molecule has 0 unspecified atom stereocenters. The first kappa shape index (κ1) is 15.8. The number of benzene rings is 1. The lowest BCUT2D eigenvalue weighted by molar-refractivity contribution is 0.276. The number of hydrogen-bond donors (Lipinski definition) is 2. The minimum atomic E-state index is -0.650. The molecule has 1 aromatic heterocycles. The molecule has 112 valence electrons. The molecule has 0 aliphatic rings. The summed E-state index contributed by atoms with van der Waals surface area (Å²) in [7, 11) is 1.47. The molecule has 0 amide bonds. The zero-order valence-corrected chi connectivity index (χ0v) is 12.5. The van der Waals surface area contributed by atoms with Gasteiger partial charge in [-0.05, 0) is 17.7 Å². The molecular weight excluding hydrogens is 320 g/mol. The molecule has 2 rings (SSSR count). The monoisotopic (exact) mass is 331 g/mol. The summed E-state index contributed by atoms with van der Waals surface area (Å²) in [6.45, 7) is -0.327. The van der Waals surface area contributed by atoms with Crippen LogP contribution in [0.4, 0.5) is 10.1 Å². The summed E-state index contributed by atoms with van der Waals surface area (Å²) in [6.07, 6.45) is 1.36. The Hall–Kier alpha value is -1.63. The lowest BCUT2D eigenvalue weighted by Crippen LogP contribution is -2.23. The molecule has 0 aliphatic heterocycles. The number of aliphatic hydroxyl groups is 1. The average Bonchev–Trinajstić information content (AvgIpc) is 2.47. The summed E-state index contributed by atoms with van der Waals surface area (Å²) in [6, 6.07) is 3.52. The number of aromatic nitrogens is 2. The van der Waals surface area contributed by atoms with Crippen LogP contribution in [0.3, 0.4) is 0 Å². The number of anilines is 1. The largest absolute Gasteiger partial charge is 0.394 e. The van der Waals surface area contributed by atoms with E-state index in [0.717, 1.165) is 4.68 Å². The van der Waals surface area contributed by atoms with Crippen LogP contribution in [-0.2, 0) is 7.05 Å². The van der Waals surface area contributed by atoms with Crippen molar-refractivity contribution in [3.05, 3.63) is 56.2 Å². The van der Waals surface area contributed by atoms with Gasteiger partial charge in [-0.2, -0.15) is 5.10 Å². The van der Waals surface area contributed by atoms with Crippen LogP contribution < -0.4 is 10.9 Å². The average molecular weight is 332 g/mol. The number of aryl methyl sites for hydroxylation is 1. The molecule has 0 aliphatic carbocycles. The minimum absolute atomic E-state index is 0.0104. The van der Waals surface area contributed by atoms with Crippen LogP contribution in [0.5, 0.6) is 0 Å². The highest BCUT2D eigenvalue weighted by Crippen LogP contribution is 2.25. The van der Waals surface area contributed by atoms with E-state index in [0.29, 0.717) is 5.56 Å². The van der Waals surface area contributed by atoms with Gasteiger partial charge in [0.1, 0.15) is 10.8 Å².